The van der Waals surface area contributed by atoms with Crippen LogP contribution in [0.15, 0.2) is 84.3 Å². The summed E-state index contributed by atoms with van der Waals surface area (Å²) >= 11 is 0. The van der Waals surface area contributed by atoms with Crippen LogP contribution in [0.5, 0.6) is 0 Å². The monoisotopic (exact) mass is 504 g/mol. The highest BCUT2D eigenvalue weighted by molar-refractivity contribution is 5.94. The van der Waals surface area contributed by atoms with Gasteiger partial charge in [0, 0.05) is 30.1 Å². The van der Waals surface area contributed by atoms with Gasteiger partial charge >= 0.3 is 6.18 Å². The number of hydrogen-bond acceptors (Lipinski definition) is 5. The summed E-state index contributed by atoms with van der Waals surface area (Å²) in [7, 11) is 0. The summed E-state index contributed by atoms with van der Waals surface area (Å²) in [5.41, 5.74) is 1.12. The first-order valence-electron chi connectivity index (χ1n) is 11.2. The van der Waals surface area contributed by atoms with Crippen molar-refractivity contribution >= 4 is 16.8 Å². The fourth-order valence-corrected chi connectivity index (χ4v) is 3.95. The van der Waals surface area contributed by atoms with Crippen molar-refractivity contribution in [1.29, 1.82) is 0 Å². The molecule has 0 spiro atoms. The predicted octanol–water partition coefficient (Wildman–Crippen LogP) is 4.18. The van der Waals surface area contributed by atoms with Crippen molar-refractivity contribution in [2.24, 2.45) is 0 Å². The van der Waals surface area contributed by atoms with Crippen LogP contribution >= 0.6 is 0 Å². The Labute approximate surface area is 207 Å². The van der Waals surface area contributed by atoms with Crippen molar-refractivity contribution in [3.63, 3.8) is 0 Å². The number of halogens is 3. The first-order chi connectivity index (χ1) is 17.8. The van der Waals surface area contributed by atoms with Gasteiger partial charge in [0.1, 0.15) is 5.69 Å². The van der Waals surface area contributed by atoms with Gasteiger partial charge in [0.05, 0.1) is 30.0 Å². The Balaban J connectivity index is 1.36. The van der Waals surface area contributed by atoms with E-state index in [-0.39, 0.29) is 40.0 Å². The van der Waals surface area contributed by atoms with Crippen LogP contribution in [0.1, 0.15) is 27.2 Å². The molecule has 0 aliphatic rings. The lowest BCUT2D eigenvalue weighted by molar-refractivity contribution is -0.140. The fourth-order valence-electron chi connectivity index (χ4n) is 3.95. The van der Waals surface area contributed by atoms with Crippen molar-refractivity contribution < 1.29 is 18.0 Å². The highest BCUT2D eigenvalue weighted by Crippen LogP contribution is 2.35. The third kappa shape index (κ3) is 5.10. The second kappa shape index (κ2) is 9.69. The van der Waals surface area contributed by atoms with Crippen molar-refractivity contribution in [1.82, 2.24) is 30.0 Å². The van der Waals surface area contributed by atoms with Crippen LogP contribution in [-0.4, -0.2) is 30.6 Å². The lowest BCUT2D eigenvalue weighted by atomic mass is 10.0. The molecule has 11 heteroatoms. The van der Waals surface area contributed by atoms with Gasteiger partial charge in [-0.1, -0.05) is 18.2 Å². The normalized spacial score (nSPS) is 11.5. The number of alkyl halides is 3. The summed E-state index contributed by atoms with van der Waals surface area (Å²) in [5.74, 6) is -0.257. The van der Waals surface area contributed by atoms with E-state index in [1.807, 2.05) is 17.2 Å². The summed E-state index contributed by atoms with van der Waals surface area (Å²) in [6, 6.07) is 14.8. The van der Waals surface area contributed by atoms with E-state index in [2.05, 4.69) is 20.4 Å². The number of pyridine rings is 1. The summed E-state index contributed by atoms with van der Waals surface area (Å²) in [5, 5.41) is 8.59. The molecular formula is C26H19F3N6O2. The number of benzene rings is 2. The molecule has 0 aliphatic carbocycles. The van der Waals surface area contributed by atoms with Gasteiger partial charge in [0.25, 0.3) is 11.5 Å². The molecule has 0 bridgehead atoms. The van der Waals surface area contributed by atoms with Gasteiger partial charge in [-0.2, -0.15) is 18.3 Å². The van der Waals surface area contributed by atoms with E-state index in [9.17, 15) is 22.8 Å². The zero-order chi connectivity index (χ0) is 26.0. The van der Waals surface area contributed by atoms with E-state index >= 15 is 0 Å². The van der Waals surface area contributed by atoms with Crippen LogP contribution in [0.2, 0.25) is 0 Å². The molecule has 5 aromatic rings. The predicted molar refractivity (Wildman–Crippen MR) is 130 cm³/mol. The lowest BCUT2D eigenvalue weighted by Gasteiger charge is -2.10. The smallest absolute Gasteiger partial charge is 0.348 e. The average molecular weight is 504 g/mol. The molecule has 37 heavy (non-hydrogen) atoms. The fraction of sp³-hybridized carbons (Fsp3) is 0.115. The number of H-pyrrole nitrogens is 1. The number of aromatic nitrogens is 5. The van der Waals surface area contributed by atoms with E-state index in [1.165, 1.54) is 29.1 Å². The van der Waals surface area contributed by atoms with Crippen molar-refractivity contribution in [2.45, 2.75) is 19.3 Å². The van der Waals surface area contributed by atoms with Gasteiger partial charge in [-0.25, -0.2) is 4.98 Å². The Morgan fingerprint density at radius 1 is 1.03 bits per heavy atom. The van der Waals surface area contributed by atoms with Crippen LogP contribution in [0.25, 0.3) is 22.0 Å². The molecule has 3 aromatic heterocycles. The molecule has 0 radical (unpaired) electrons. The van der Waals surface area contributed by atoms with Gasteiger partial charge in [-0.05, 0) is 53.1 Å². The first-order valence-corrected chi connectivity index (χ1v) is 11.2. The molecule has 0 saturated heterocycles. The average Bonchev–Trinajstić information content (AvgIpc) is 3.41. The molecule has 2 N–H and O–H groups in total. The van der Waals surface area contributed by atoms with Crippen LogP contribution in [0.4, 0.5) is 13.2 Å². The minimum Gasteiger partial charge on any atom is -0.348 e. The second-order valence-corrected chi connectivity index (χ2v) is 8.30. The molecule has 1 amide bonds. The van der Waals surface area contributed by atoms with E-state index < -0.39 is 11.9 Å². The Morgan fingerprint density at radius 2 is 1.84 bits per heavy atom. The standard InChI is InChI=1S/C26H19F3N6O2/c27-26(28,29)23-21(13-33-34-23)18-4-5-20-22(11-18)32-15-35(25(20)37)14-17-2-1-3-19(10-17)24(36)31-12-16-6-8-30-9-7-16/h1-11,13,15H,12,14H2,(H,31,36)(H,33,34). The molecule has 0 fully saturated rings. The second-order valence-electron chi connectivity index (χ2n) is 8.30. The van der Waals surface area contributed by atoms with Crippen LogP contribution < -0.4 is 10.9 Å². The van der Waals surface area contributed by atoms with Gasteiger partial charge < -0.3 is 5.32 Å². The molecule has 2 aromatic carbocycles. The Morgan fingerprint density at radius 3 is 2.62 bits per heavy atom. The number of carbonyl (C=O) groups is 1. The quantitative estimate of drug-likeness (QED) is 0.361. The zero-order valence-electron chi connectivity index (χ0n) is 19.2. The molecule has 0 atom stereocenters. The van der Waals surface area contributed by atoms with Gasteiger partial charge in [0.2, 0.25) is 0 Å². The zero-order valence-corrected chi connectivity index (χ0v) is 19.2. The highest BCUT2D eigenvalue weighted by atomic mass is 19.4. The van der Waals surface area contributed by atoms with Crippen molar-refractivity contribution in [2.75, 3.05) is 0 Å². The van der Waals surface area contributed by atoms with E-state index in [1.54, 1.807) is 36.7 Å². The maximum atomic E-state index is 13.2. The van der Waals surface area contributed by atoms with Crippen LogP contribution in [0.3, 0.4) is 0 Å². The molecule has 0 unspecified atom stereocenters. The molecule has 3 heterocycles. The minimum absolute atomic E-state index is 0.126. The molecule has 0 aliphatic heterocycles. The Hall–Kier alpha value is -4.80. The van der Waals surface area contributed by atoms with Crippen LogP contribution in [-0.2, 0) is 19.3 Å². The van der Waals surface area contributed by atoms with Gasteiger partial charge in [-0.15, -0.1) is 0 Å². The largest absolute Gasteiger partial charge is 0.433 e. The SMILES string of the molecule is O=C(NCc1ccncc1)c1cccc(Cn2cnc3cc(-c4cn[nH]c4C(F)(F)F)ccc3c2=O)c1. The number of fused-ring (bicyclic) bond motifs is 1. The third-order valence-electron chi connectivity index (χ3n) is 5.80. The van der Waals surface area contributed by atoms with Crippen molar-refractivity contribution in [3.05, 3.63) is 112 Å². The van der Waals surface area contributed by atoms with E-state index in [0.29, 0.717) is 17.7 Å². The minimum atomic E-state index is -4.60. The van der Waals surface area contributed by atoms with Crippen molar-refractivity contribution in [3.8, 4) is 11.1 Å². The number of rotatable bonds is 6. The summed E-state index contributed by atoms with van der Waals surface area (Å²) in [6.45, 7) is 0.514. The number of aromatic amines is 1. The number of nitrogens with one attached hydrogen (secondary N) is 2. The topological polar surface area (TPSA) is 106 Å². The van der Waals surface area contributed by atoms with E-state index in [0.717, 1.165) is 11.8 Å². The lowest BCUT2D eigenvalue weighted by Crippen LogP contribution is -2.23. The summed E-state index contributed by atoms with van der Waals surface area (Å²) in [4.78, 5) is 33.9. The number of carbonyl (C=O) groups excluding carboxylic acids is 1. The maximum Gasteiger partial charge on any atom is 0.433 e. The summed E-state index contributed by atoms with van der Waals surface area (Å²) < 4.78 is 41.1. The Kier molecular flexibility index (Phi) is 6.26. The maximum absolute atomic E-state index is 13.2. The van der Waals surface area contributed by atoms with Gasteiger partial charge in [-0.3, -0.25) is 24.2 Å². The van der Waals surface area contributed by atoms with Gasteiger partial charge in [0.15, 0.2) is 0 Å². The number of hydrogen-bond donors (Lipinski definition) is 2. The first kappa shape index (κ1) is 23.9. The number of amides is 1. The molecule has 5 rings (SSSR count). The summed E-state index contributed by atoms with van der Waals surface area (Å²) in [6.07, 6.45) is 1.13. The molecule has 0 saturated carbocycles. The number of nitrogens with zero attached hydrogens (tertiary/aromatic N) is 4. The molecule has 8 nitrogen and oxygen atoms in total. The highest BCUT2D eigenvalue weighted by Gasteiger charge is 2.36. The molecular weight excluding hydrogens is 485 g/mol. The van der Waals surface area contributed by atoms with Crippen LogP contribution in [0, 0.1) is 0 Å². The van der Waals surface area contributed by atoms with E-state index in [4.69, 9.17) is 0 Å². The third-order valence-corrected chi connectivity index (χ3v) is 5.80. The molecule has 186 valence electrons. The Bertz CT molecular complexity index is 1640.